The van der Waals surface area contributed by atoms with Gasteiger partial charge in [-0.15, -0.1) is 0 Å². The third kappa shape index (κ3) is 4.28. The van der Waals surface area contributed by atoms with E-state index in [1.165, 1.54) is 49.0 Å². The highest BCUT2D eigenvalue weighted by Gasteiger charge is 2.42. The van der Waals surface area contributed by atoms with E-state index in [2.05, 4.69) is 69.6 Å². The molecule has 4 heteroatoms. The van der Waals surface area contributed by atoms with Crippen molar-refractivity contribution >= 4 is 0 Å². The van der Waals surface area contributed by atoms with Crippen LogP contribution in [0.4, 0.5) is 0 Å². The standard InChI is InChI=1S/C27H32N4/c1-21-9-3-6-12-25(21)26-29-18-22(19-30-26)17-28-20-27(31-13-7-2-8-14-31)15-23-10-4-5-11-24(23)16-27/h3-6,9-12,18-19,28H,2,7-8,13-17,20H2,1H3. The fraction of sp³-hybridized carbons (Fsp3) is 0.407. The van der Waals surface area contributed by atoms with Crippen molar-refractivity contribution in [3.05, 3.63) is 83.2 Å². The average molecular weight is 413 g/mol. The SMILES string of the molecule is Cc1ccccc1-c1ncc(CNCC2(N3CCCCC3)Cc3ccccc3C2)cn1. The number of likely N-dealkylation sites (tertiary alicyclic amines) is 1. The molecule has 1 fully saturated rings. The molecule has 2 heterocycles. The summed E-state index contributed by atoms with van der Waals surface area (Å²) in [4.78, 5) is 12.0. The van der Waals surface area contributed by atoms with Crippen molar-refractivity contribution in [1.29, 1.82) is 0 Å². The van der Waals surface area contributed by atoms with Crippen molar-refractivity contribution in [1.82, 2.24) is 20.2 Å². The van der Waals surface area contributed by atoms with Crippen molar-refractivity contribution in [2.45, 2.75) is 51.1 Å². The van der Waals surface area contributed by atoms with Gasteiger partial charge in [-0.2, -0.15) is 0 Å². The molecule has 160 valence electrons. The Balaban J connectivity index is 1.27. The highest BCUT2D eigenvalue weighted by atomic mass is 15.2. The minimum atomic E-state index is 0.200. The molecule has 1 N–H and O–H groups in total. The van der Waals surface area contributed by atoms with E-state index in [1.807, 2.05) is 18.5 Å². The van der Waals surface area contributed by atoms with Crippen LogP contribution in [0, 0.1) is 6.92 Å². The molecule has 0 amide bonds. The van der Waals surface area contributed by atoms with Crippen LogP contribution in [-0.4, -0.2) is 40.0 Å². The molecule has 5 rings (SSSR count). The maximum atomic E-state index is 4.64. The number of benzene rings is 2. The quantitative estimate of drug-likeness (QED) is 0.644. The Hall–Kier alpha value is -2.56. The highest BCUT2D eigenvalue weighted by Crippen LogP contribution is 2.36. The van der Waals surface area contributed by atoms with Gasteiger partial charge in [0.05, 0.1) is 0 Å². The molecule has 0 saturated carbocycles. The van der Waals surface area contributed by atoms with Gasteiger partial charge in [-0.25, -0.2) is 9.97 Å². The van der Waals surface area contributed by atoms with E-state index in [0.717, 1.165) is 42.9 Å². The van der Waals surface area contributed by atoms with Crippen LogP contribution in [0.3, 0.4) is 0 Å². The van der Waals surface area contributed by atoms with Crippen LogP contribution >= 0.6 is 0 Å². The molecule has 1 saturated heterocycles. The predicted molar refractivity (Wildman–Crippen MR) is 126 cm³/mol. The molecular formula is C27H32N4. The van der Waals surface area contributed by atoms with Crippen LogP contribution in [-0.2, 0) is 19.4 Å². The van der Waals surface area contributed by atoms with Crippen LogP contribution < -0.4 is 5.32 Å². The summed E-state index contributed by atoms with van der Waals surface area (Å²) in [5.41, 5.74) is 6.71. The maximum Gasteiger partial charge on any atom is 0.159 e. The number of aromatic nitrogens is 2. The molecule has 4 nitrogen and oxygen atoms in total. The number of nitrogens with zero attached hydrogens (tertiary/aromatic N) is 3. The zero-order valence-corrected chi connectivity index (χ0v) is 18.5. The third-order valence-electron chi connectivity index (χ3n) is 7.06. The smallest absolute Gasteiger partial charge is 0.159 e. The number of aryl methyl sites for hydroxylation is 1. The fourth-order valence-corrected chi connectivity index (χ4v) is 5.35. The largest absolute Gasteiger partial charge is 0.311 e. The Morgan fingerprint density at radius 2 is 1.52 bits per heavy atom. The van der Waals surface area contributed by atoms with Gasteiger partial charge in [0.15, 0.2) is 5.82 Å². The van der Waals surface area contributed by atoms with E-state index in [4.69, 9.17) is 0 Å². The Labute approximate surface area is 185 Å². The molecule has 0 unspecified atom stereocenters. The van der Waals surface area contributed by atoms with Gasteiger partial charge < -0.3 is 5.32 Å². The fourth-order valence-electron chi connectivity index (χ4n) is 5.35. The Morgan fingerprint density at radius 1 is 0.871 bits per heavy atom. The lowest BCUT2D eigenvalue weighted by atomic mass is 9.90. The van der Waals surface area contributed by atoms with Gasteiger partial charge >= 0.3 is 0 Å². The van der Waals surface area contributed by atoms with E-state index in [1.54, 1.807) is 0 Å². The first-order valence-electron chi connectivity index (χ1n) is 11.6. The summed E-state index contributed by atoms with van der Waals surface area (Å²) in [5, 5.41) is 3.77. The van der Waals surface area contributed by atoms with E-state index >= 15 is 0 Å². The number of piperidine rings is 1. The molecule has 1 aromatic heterocycles. The second kappa shape index (κ2) is 8.89. The second-order valence-electron chi connectivity index (χ2n) is 9.23. The van der Waals surface area contributed by atoms with E-state index in [9.17, 15) is 0 Å². The summed E-state index contributed by atoms with van der Waals surface area (Å²) in [6, 6.07) is 17.3. The minimum Gasteiger partial charge on any atom is -0.311 e. The average Bonchev–Trinajstić information content (AvgIpc) is 3.20. The van der Waals surface area contributed by atoms with Crippen LogP contribution in [0.5, 0.6) is 0 Å². The number of nitrogens with one attached hydrogen (secondary N) is 1. The first-order chi connectivity index (χ1) is 15.2. The monoisotopic (exact) mass is 412 g/mol. The first kappa shape index (κ1) is 20.3. The highest BCUT2D eigenvalue weighted by molar-refractivity contribution is 5.59. The first-order valence-corrected chi connectivity index (χ1v) is 11.6. The van der Waals surface area contributed by atoms with Crippen molar-refractivity contribution in [2.75, 3.05) is 19.6 Å². The van der Waals surface area contributed by atoms with Gasteiger partial charge in [0.2, 0.25) is 0 Å². The molecule has 3 aromatic rings. The maximum absolute atomic E-state index is 4.64. The van der Waals surface area contributed by atoms with E-state index < -0.39 is 0 Å². The van der Waals surface area contributed by atoms with Crippen molar-refractivity contribution < 1.29 is 0 Å². The minimum absolute atomic E-state index is 0.200. The third-order valence-corrected chi connectivity index (χ3v) is 7.06. The summed E-state index contributed by atoms with van der Waals surface area (Å²) in [7, 11) is 0. The lowest BCUT2D eigenvalue weighted by Gasteiger charge is -2.44. The number of hydrogen-bond donors (Lipinski definition) is 1. The Bertz CT molecular complexity index is 996. The molecule has 0 atom stereocenters. The zero-order chi connectivity index (χ0) is 21.1. The van der Waals surface area contributed by atoms with Crippen LogP contribution in [0.2, 0.25) is 0 Å². The molecule has 31 heavy (non-hydrogen) atoms. The summed E-state index contributed by atoms with van der Waals surface area (Å²) in [6.07, 6.45) is 10.3. The summed E-state index contributed by atoms with van der Waals surface area (Å²) in [5.74, 6) is 0.804. The van der Waals surface area contributed by atoms with Crippen LogP contribution in [0.1, 0.15) is 41.5 Å². The molecule has 1 aliphatic heterocycles. The summed E-state index contributed by atoms with van der Waals surface area (Å²) in [6.45, 7) is 6.36. The van der Waals surface area contributed by atoms with Gasteiger partial charge in [0.25, 0.3) is 0 Å². The lowest BCUT2D eigenvalue weighted by Crippen LogP contribution is -2.57. The Morgan fingerprint density at radius 3 is 2.19 bits per heavy atom. The van der Waals surface area contributed by atoms with Gasteiger partial charge in [0, 0.05) is 42.1 Å². The molecule has 2 aromatic carbocycles. The molecule has 2 aliphatic rings. The van der Waals surface area contributed by atoms with Crippen molar-refractivity contribution in [3.63, 3.8) is 0 Å². The van der Waals surface area contributed by atoms with Gasteiger partial charge in [-0.1, -0.05) is 55.0 Å². The molecule has 0 spiro atoms. The lowest BCUT2D eigenvalue weighted by molar-refractivity contribution is 0.0724. The van der Waals surface area contributed by atoms with Crippen molar-refractivity contribution in [3.8, 4) is 11.4 Å². The van der Waals surface area contributed by atoms with Gasteiger partial charge in [-0.3, -0.25) is 4.90 Å². The number of hydrogen-bond acceptors (Lipinski definition) is 4. The predicted octanol–water partition coefficient (Wildman–Crippen LogP) is 4.57. The van der Waals surface area contributed by atoms with Crippen molar-refractivity contribution in [2.24, 2.45) is 0 Å². The van der Waals surface area contributed by atoms with Crippen LogP contribution in [0.15, 0.2) is 60.9 Å². The molecule has 1 aliphatic carbocycles. The molecular weight excluding hydrogens is 380 g/mol. The zero-order valence-electron chi connectivity index (χ0n) is 18.5. The Kier molecular flexibility index (Phi) is 5.84. The topological polar surface area (TPSA) is 41.1 Å². The van der Waals surface area contributed by atoms with Gasteiger partial charge in [-0.05, 0) is 62.4 Å². The second-order valence-corrected chi connectivity index (χ2v) is 9.23. The van der Waals surface area contributed by atoms with E-state index in [0.29, 0.717) is 0 Å². The van der Waals surface area contributed by atoms with E-state index in [-0.39, 0.29) is 5.54 Å². The summed E-state index contributed by atoms with van der Waals surface area (Å²) < 4.78 is 0. The molecule has 0 radical (unpaired) electrons. The van der Waals surface area contributed by atoms with Gasteiger partial charge in [0.1, 0.15) is 0 Å². The number of fused-ring (bicyclic) bond motifs is 1. The molecule has 0 bridgehead atoms. The van der Waals surface area contributed by atoms with Crippen LogP contribution in [0.25, 0.3) is 11.4 Å². The summed E-state index contributed by atoms with van der Waals surface area (Å²) >= 11 is 0. The number of rotatable bonds is 6. The normalized spacial score (nSPS) is 18.1.